The molecule has 0 heterocycles. The first-order valence-corrected chi connectivity index (χ1v) is 8.71. The summed E-state index contributed by atoms with van der Waals surface area (Å²) in [6.07, 6.45) is -0.525. The van der Waals surface area contributed by atoms with Gasteiger partial charge < -0.3 is 10.5 Å². The van der Waals surface area contributed by atoms with Gasteiger partial charge in [-0.3, -0.25) is 4.79 Å². The molecule has 29 heavy (non-hydrogen) atoms. The molecule has 0 radical (unpaired) electrons. The van der Waals surface area contributed by atoms with Gasteiger partial charge in [-0.15, -0.1) is 0 Å². The zero-order valence-corrected chi connectivity index (χ0v) is 15.6. The highest BCUT2D eigenvalue weighted by molar-refractivity contribution is 5.79. The third-order valence-corrected chi connectivity index (χ3v) is 4.16. The van der Waals surface area contributed by atoms with E-state index in [9.17, 15) is 31.1 Å². The Balaban J connectivity index is 2.43. The van der Waals surface area contributed by atoms with Crippen molar-refractivity contribution in [3.8, 4) is 0 Å². The number of hydrogen-bond acceptors (Lipinski definition) is 3. The predicted octanol–water partition coefficient (Wildman–Crippen LogP) is 4.37. The minimum absolute atomic E-state index is 0.0626. The lowest BCUT2D eigenvalue weighted by Crippen LogP contribution is -2.38. The number of hydrogen-bond donors (Lipinski definition) is 1. The van der Waals surface area contributed by atoms with Crippen LogP contribution in [0.15, 0.2) is 24.3 Å². The van der Waals surface area contributed by atoms with Crippen LogP contribution in [0.4, 0.5) is 26.3 Å². The second-order valence-corrected chi connectivity index (χ2v) is 7.02. The molecule has 0 spiro atoms. The summed E-state index contributed by atoms with van der Waals surface area (Å²) in [6, 6.07) is 0.170. The number of carbonyl (C=O) groups excluding carboxylic acids is 1. The predicted molar refractivity (Wildman–Crippen MR) is 92.8 cm³/mol. The molecule has 0 aliphatic carbocycles. The molecule has 0 fully saturated rings. The van der Waals surface area contributed by atoms with Crippen molar-refractivity contribution < 1.29 is 35.9 Å². The smallest absolute Gasteiger partial charge is 0.315 e. The molecule has 0 aromatic heterocycles. The third-order valence-electron chi connectivity index (χ3n) is 4.16. The van der Waals surface area contributed by atoms with Crippen LogP contribution < -0.4 is 5.73 Å². The molecule has 2 atom stereocenters. The van der Waals surface area contributed by atoms with E-state index in [0.717, 1.165) is 0 Å². The number of halogens is 6. The Kier molecular flexibility index (Phi) is 7.29. The van der Waals surface area contributed by atoms with Crippen molar-refractivity contribution in [3.63, 3.8) is 0 Å². The van der Waals surface area contributed by atoms with Crippen molar-refractivity contribution in [3.05, 3.63) is 70.3 Å². The second kappa shape index (κ2) is 9.30. The van der Waals surface area contributed by atoms with Crippen molar-refractivity contribution in [2.24, 2.45) is 11.7 Å². The summed E-state index contributed by atoms with van der Waals surface area (Å²) in [5.74, 6) is -10.8. The van der Waals surface area contributed by atoms with Gasteiger partial charge in [0.25, 0.3) is 0 Å². The lowest BCUT2D eigenvalue weighted by atomic mass is 9.87. The molecule has 0 saturated heterocycles. The largest absolute Gasteiger partial charge is 0.465 e. The van der Waals surface area contributed by atoms with E-state index in [1.54, 1.807) is 13.8 Å². The molecule has 3 nitrogen and oxygen atoms in total. The average molecular weight is 419 g/mol. The first-order valence-electron chi connectivity index (χ1n) is 8.71. The first kappa shape index (κ1) is 22.7. The number of nitrogens with two attached hydrogens (primary N) is 1. The molecule has 2 rings (SSSR count). The molecule has 1 unspecified atom stereocenters. The van der Waals surface area contributed by atoms with Crippen molar-refractivity contribution in [1.29, 1.82) is 0 Å². The summed E-state index contributed by atoms with van der Waals surface area (Å²) < 4.78 is 86.8. The minimum atomic E-state index is -1.64. The van der Waals surface area contributed by atoms with Crippen LogP contribution in [0, 0.1) is 40.8 Å². The first-order chi connectivity index (χ1) is 13.5. The van der Waals surface area contributed by atoms with E-state index in [1.807, 2.05) is 0 Å². The van der Waals surface area contributed by atoms with E-state index < -0.39 is 64.8 Å². The Morgan fingerprint density at radius 2 is 1.38 bits per heavy atom. The van der Waals surface area contributed by atoms with Crippen LogP contribution in [0.25, 0.3) is 0 Å². The molecular weight excluding hydrogens is 400 g/mol. The van der Waals surface area contributed by atoms with E-state index in [1.165, 1.54) is 0 Å². The fraction of sp³-hybridized carbons (Fsp3) is 0.350. The van der Waals surface area contributed by atoms with Gasteiger partial charge in [0.1, 0.15) is 17.6 Å². The highest BCUT2D eigenvalue weighted by atomic mass is 19.2. The quantitative estimate of drug-likeness (QED) is 0.412. The molecule has 2 aromatic rings. The Bertz CT molecular complexity index is 903. The number of benzene rings is 2. The average Bonchev–Trinajstić information content (AvgIpc) is 2.62. The maximum absolute atomic E-state index is 14.3. The van der Waals surface area contributed by atoms with Crippen LogP contribution in [0.5, 0.6) is 0 Å². The van der Waals surface area contributed by atoms with Crippen LogP contribution in [-0.2, 0) is 16.0 Å². The highest BCUT2D eigenvalue weighted by Gasteiger charge is 2.33. The number of rotatable bonds is 7. The molecule has 2 aromatic carbocycles. The fourth-order valence-electron chi connectivity index (χ4n) is 2.74. The maximum Gasteiger partial charge on any atom is 0.315 e. The number of esters is 1. The van der Waals surface area contributed by atoms with Gasteiger partial charge in [0.05, 0.1) is 6.61 Å². The molecule has 0 amide bonds. The van der Waals surface area contributed by atoms with Crippen molar-refractivity contribution in [1.82, 2.24) is 0 Å². The minimum Gasteiger partial charge on any atom is -0.465 e. The van der Waals surface area contributed by atoms with Gasteiger partial charge >= 0.3 is 5.97 Å². The Morgan fingerprint density at radius 3 is 1.97 bits per heavy atom. The van der Waals surface area contributed by atoms with Gasteiger partial charge in [0.2, 0.25) is 0 Å². The van der Waals surface area contributed by atoms with Crippen molar-refractivity contribution >= 4 is 5.97 Å². The summed E-state index contributed by atoms with van der Waals surface area (Å²) in [4.78, 5) is 12.5. The molecular formula is C20H19F6NO2. The van der Waals surface area contributed by atoms with Crippen LogP contribution in [0.1, 0.15) is 30.9 Å². The molecule has 9 heteroatoms. The zero-order valence-electron chi connectivity index (χ0n) is 15.6. The standard InChI is InChI=1S/C20H19F6NO2/c1-9(2)8-29-20(28)19(11-5-15(24)17(26)7-13(11)22)18(27)4-10-3-14(23)16(25)6-12(10)21/h3,5-7,9,18-19H,4,8,27H2,1-2H3/t18?,19-/m1/s1. The Morgan fingerprint density at radius 1 is 0.862 bits per heavy atom. The summed E-state index contributed by atoms with van der Waals surface area (Å²) in [6.45, 7) is 3.40. The Hall–Kier alpha value is -2.55. The van der Waals surface area contributed by atoms with Gasteiger partial charge in [-0.1, -0.05) is 13.8 Å². The van der Waals surface area contributed by atoms with E-state index in [-0.39, 0.29) is 24.2 Å². The summed E-state index contributed by atoms with van der Waals surface area (Å²) in [5.41, 5.74) is 4.97. The molecule has 158 valence electrons. The zero-order chi connectivity index (χ0) is 21.9. The summed E-state index contributed by atoms with van der Waals surface area (Å²) in [5, 5.41) is 0. The van der Waals surface area contributed by atoms with Gasteiger partial charge in [-0.25, -0.2) is 26.3 Å². The van der Waals surface area contributed by atoms with Gasteiger partial charge in [0, 0.05) is 23.7 Å². The third kappa shape index (κ3) is 5.50. The normalized spacial score (nSPS) is 13.4. The monoisotopic (exact) mass is 419 g/mol. The second-order valence-electron chi connectivity index (χ2n) is 7.02. The molecule has 0 bridgehead atoms. The van der Waals surface area contributed by atoms with Gasteiger partial charge in [0.15, 0.2) is 23.3 Å². The highest BCUT2D eigenvalue weighted by Crippen LogP contribution is 2.28. The lowest BCUT2D eigenvalue weighted by molar-refractivity contribution is -0.147. The molecule has 0 saturated carbocycles. The van der Waals surface area contributed by atoms with Crippen LogP contribution >= 0.6 is 0 Å². The topological polar surface area (TPSA) is 52.3 Å². The van der Waals surface area contributed by atoms with Gasteiger partial charge in [-0.05, 0) is 30.0 Å². The van der Waals surface area contributed by atoms with Crippen LogP contribution in [-0.4, -0.2) is 18.6 Å². The van der Waals surface area contributed by atoms with Crippen molar-refractivity contribution in [2.45, 2.75) is 32.2 Å². The maximum atomic E-state index is 14.3. The van der Waals surface area contributed by atoms with E-state index >= 15 is 0 Å². The van der Waals surface area contributed by atoms with E-state index in [0.29, 0.717) is 18.2 Å². The van der Waals surface area contributed by atoms with Gasteiger partial charge in [-0.2, -0.15) is 0 Å². The van der Waals surface area contributed by atoms with Crippen LogP contribution in [0.3, 0.4) is 0 Å². The fourth-order valence-corrected chi connectivity index (χ4v) is 2.74. The van der Waals surface area contributed by atoms with E-state index in [2.05, 4.69) is 0 Å². The number of ether oxygens (including phenoxy) is 1. The molecule has 2 N–H and O–H groups in total. The summed E-state index contributed by atoms with van der Waals surface area (Å²) in [7, 11) is 0. The molecule has 0 aliphatic heterocycles. The Labute approximate surface area is 163 Å². The molecule has 0 aliphatic rings. The SMILES string of the molecule is CC(C)COC(=O)[C@H](c1cc(F)c(F)cc1F)C(N)Cc1cc(F)c(F)cc1F. The summed E-state index contributed by atoms with van der Waals surface area (Å²) >= 11 is 0. The lowest BCUT2D eigenvalue weighted by Gasteiger charge is -2.24. The number of carbonyl (C=O) groups is 1. The van der Waals surface area contributed by atoms with Crippen LogP contribution in [0.2, 0.25) is 0 Å². The van der Waals surface area contributed by atoms with E-state index in [4.69, 9.17) is 10.5 Å². The van der Waals surface area contributed by atoms with Crippen molar-refractivity contribution in [2.75, 3.05) is 6.61 Å².